The van der Waals surface area contributed by atoms with E-state index in [4.69, 9.17) is 0 Å². The summed E-state index contributed by atoms with van der Waals surface area (Å²) in [4.78, 5) is 13.9. The lowest BCUT2D eigenvalue weighted by molar-refractivity contribution is 0.270. The summed E-state index contributed by atoms with van der Waals surface area (Å²) < 4.78 is 13.0. The highest BCUT2D eigenvalue weighted by atomic mass is 19.1. The smallest absolute Gasteiger partial charge is 0.227 e. The first-order chi connectivity index (χ1) is 11.6. The minimum Gasteiger partial charge on any atom is -0.366 e. The molecule has 0 atom stereocenters. The number of benzene rings is 1. The summed E-state index contributed by atoms with van der Waals surface area (Å²) in [6.45, 7) is 9.88. The molecule has 0 unspecified atom stereocenters. The van der Waals surface area contributed by atoms with E-state index in [0.29, 0.717) is 6.54 Å². The second kappa shape index (κ2) is 7.57. The van der Waals surface area contributed by atoms with E-state index in [9.17, 15) is 4.39 Å². The summed E-state index contributed by atoms with van der Waals surface area (Å²) in [7, 11) is 0. The van der Waals surface area contributed by atoms with E-state index in [2.05, 4.69) is 32.0 Å². The van der Waals surface area contributed by atoms with Crippen molar-refractivity contribution in [3.63, 3.8) is 0 Å². The van der Waals surface area contributed by atoms with Crippen molar-refractivity contribution >= 4 is 11.8 Å². The first-order valence-corrected chi connectivity index (χ1v) is 8.45. The third-order valence-corrected chi connectivity index (χ3v) is 4.33. The van der Waals surface area contributed by atoms with E-state index in [-0.39, 0.29) is 5.82 Å². The summed E-state index contributed by atoms with van der Waals surface area (Å²) in [5, 5.41) is 3.31. The first-order valence-electron chi connectivity index (χ1n) is 8.45. The van der Waals surface area contributed by atoms with Crippen molar-refractivity contribution in [1.29, 1.82) is 0 Å². The highest BCUT2D eigenvalue weighted by Crippen LogP contribution is 2.16. The fourth-order valence-corrected chi connectivity index (χ4v) is 2.84. The second-order valence-corrected chi connectivity index (χ2v) is 6.10. The Morgan fingerprint density at radius 2 is 1.79 bits per heavy atom. The van der Waals surface area contributed by atoms with Crippen LogP contribution in [0, 0.1) is 12.7 Å². The van der Waals surface area contributed by atoms with Gasteiger partial charge in [0.1, 0.15) is 11.6 Å². The molecule has 0 aliphatic carbocycles. The molecular weight excluding hydrogens is 305 g/mol. The van der Waals surface area contributed by atoms with Crippen LogP contribution in [0.4, 0.5) is 16.2 Å². The number of hydrogen-bond donors (Lipinski definition) is 1. The molecule has 1 aliphatic heterocycles. The van der Waals surface area contributed by atoms with Crippen molar-refractivity contribution in [2.75, 3.05) is 42.9 Å². The number of rotatable bonds is 5. The van der Waals surface area contributed by atoms with Gasteiger partial charge in [0.25, 0.3) is 0 Å². The van der Waals surface area contributed by atoms with Crippen molar-refractivity contribution < 1.29 is 4.39 Å². The Balaban J connectivity index is 1.66. The van der Waals surface area contributed by atoms with Crippen LogP contribution in [-0.4, -0.2) is 47.6 Å². The van der Waals surface area contributed by atoms with Crippen LogP contribution in [0.5, 0.6) is 0 Å². The monoisotopic (exact) mass is 329 g/mol. The Bertz CT molecular complexity index is 666. The predicted octanol–water partition coefficient (Wildman–Crippen LogP) is 2.68. The summed E-state index contributed by atoms with van der Waals surface area (Å²) >= 11 is 0. The highest BCUT2D eigenvalue weighted by Gasteiger charge is 2.18. The molecule has 0 saturated carbocycles. The van der Waals surface area contributed by atoms with Gasteiger partial charge in [-0.15, -0.1) is 0 Å². The molecule has 128 valence electrons. The Morgan fingerprint density at radius 1 is 1.08 bits per heavy atom. The molecule has 0 amide bonds. The van der Waals surface area contributed by atoms with Gasteiger partial charge in [0.2, 0.25) is 5.95 Å². The lowest BCUT2D eigenvalue weighted by Gasteiger charge is -2.34. The van der Waals surface area contributed by atoms with Crippen molar-refractivity contribution in [2.24, 2.45) is 0 Å². The molecule has 2 aromatic rings. The standard InChI is InChI=1S/C18H24FN5/c1-3-23-8-10-24(11-9-23)18-21-14(2)12-17(22-18)20-13-15-4-6-16(19)7-5-15/h4-7,12H,3,8-11,13H2,1-2H3,(H,20,21,22). The molecule has 24 heavy (non-hydrogen) atoms. The zero-order valence-corrected chi connectivity index (χ0v) is 14.3. The summed E-state index contributed by atoms with van der Waals surface area (Å²) in [5.74, 6) is 1.37. The minimum absolute atomic E-state index is 0.217. The Kier molecular flexibility index (Phi) is 5.25. The molecule has 1 aromatic heterocycles. The van der Waals surface area contributed by atoms with E-state index in [1.165, 1.54) is 12.1 Å². The van der Waals surface area contributed by atoms with Crippen LogP contribution < -0.4 is 10.2 Å². The number of nitrogens with zero attached hydrogens (tertiary/aromatic N) is 4. The molecule has 2 heterocycles. The fraction of sp³-hybridized carbons (Fsp3) is 0.444. The number of likely N-dealkylation sites (N-methyl/N-ethyl adjacent to an activating group) is 1. The second-order valence-electron chi connectivity index (χ2n) is 6.10. The van der Waals surface area contributed by atoms with Gasteiger partial charge in [-0.05, 0) is 31.2 Å². The van der Waals surface area contributed by atoms with E-state index in [1.807, 2.05) is 13.0 Å². The Hall–Kier alpha value is -2.21. The molecular formula is C18H24FN5. The molecule has 0 spiro atoms. The zero-order chi connectivity index (χ0) is 16.9. The lowest BCUT2D eigenvalue weighted by atomic mass is 10.2. The molecule has 1 aliphatic rings. The summed E-state index contributed by atoms with van der Waals surface area (Å²) in [5.41, 5.74) is 1.96. The fourth-order valence-electron chi connectivity index (χ4n) is 2.84. The average Bonchev–Trinajstić information content (AvgIpc) is 2.61. The van der Waals surface area contributed by atoms with Crippen molar-refractivity contribution in [3.8, 4) is 0 Å². The number of piperazine rings is 1. The van der Waals surface area contributed by atoms with Gasteiger partial charge in [0, 0.05) is 44.5 Å². The van der Waals surface area contributed by atoms with Crippen molar-refractivity contribution in [1.82, 2.24) is 14.9 Å². The maximum atomic E-state index is 13.0. The maximum absolute atomic E-state index is 13.0. The SMILES string of the molecule is CCN1CCN(c2nc(C)cc(NCc3ccc(F)cc3)n2)CC1. The highest BCUT2D eigenvalue weighted by molar-refractivity contribution is 5.44. The van der Waals surface area contributed by atoms with Gasteiger partial charge in [-0.2, -0.15) is 4.98 Å². The minimum atomic E-state index is -0.217. The third-order valence-electron chi connectivity index (χ3n) is 4.33. The van der Waals surface area contributed by atoms with Gasteiger partial charge in [-0.1, -0.05) is 19.1 Å². The summed E-state index contributed by atoms with van der Waals surface area (Å²) in [6.07, 6.45) is 0. The average molecular weight is 329 g/mol. The molecule has 6 heteroatoms. The van der Waals surface area contributed by atoms with Gasteiger partial charge in [-0.25, -0.2) is 9.37 Å². The lowest BCUT2D eigenvalue weighted by Crippen LogP contribution is -2.46. The Labute approximate surface area is 142 Å². The van der Waals surface area contributed by atoms with Gasteiger partial charge < -0.3 is 15.1 Å². The molecule has 1 saturated heterocycles. The maximum Gasteiger partial charge on any atom is 0.227 e. The molecule has 5 nitrogen and oxygen atoms in total. The molecule has 1 fully saturated rings. The largest absolute Gasteiger partial charge is 0.366 e. The number of aromatic nitrogens is 2. The molecule has 1 N–H and O–H groups in total. The van der Waals surface area contributed by atoms with Crippen molar-refractivity contribution in [2.45, 2.75) is 20.4 Å². The topological polar surface area (TPSA) is 44.3 Å². The van der Waals surface area contributed by atoms with Crippen LogP contribution in [-0.2, 0) is 6.54 Å². The third kappa shape index (κ3) is 4.20. The number of nitrogens with one attached hydrogen (secondary N) is 1. The van der Waals surface area contributed by atoms with Crippen LogP contribution in [0.3, 0.4) is 0 Å². The quantitative estimate of drug-likeness (QED) is 0.914. The van der Waals surface area contributed by atoms with Crippen LogP contribution in [0.2, 0.25) is 0 Å². The van der Waals surface area contributed by atoms with Crippen molar-refractivity contribution in [3.05, 3.63) is 47.4 Å². The van der Waals surface area contributed by atoms with Crippen LogP contribution in [0.1, 0.15) is 18.2 Å². The molecule has 0 radical (unpaired) electrons. The Morgan fingerprint density at radius 3 is 2.46 bits per heavy atom. The van der Waals surface area contributed by atoms with Crippen LogP contribution in [0.25, 0.3) is 0 Å². The van der Waals surface area contributed by atoms with Crippen LogP contribution >= 0.6 is 0 Å². The van der Waals surface area contributed by atoms with Crippen LogP contribution in [0.15, 0.2) is 30.3 Å². The zero-order valence-electron chi connectivity index (χ0n) is 14.3. The predicted molar refractivity (Wildman–Crippen MR) is 94.8 cm³/mol. The van der Waals surface area contributed by atoms with Gasteiger partial charge in [-0.3, -0.25) is 0 Å². The number of anilines is 2. The number of hydrogen-bond acceptors (Lipinski definition) is 5. The molecule has 0 bridgehead atoms. The summed E-state index contributed by atoms with van der Waals surface area (Å²) in [6, 6.07) is 8.44. The van der Waals surface area contributed by atoms with Gasteiger partial charge in [0.15, 0.2) is 0 Å². The number of halogens is 1. The van der Waals surface area contributed by atoms with Gasteiger partial charge in [0.05, 0.1) is 0 Å². The molecule has 1 aromatic carbocycles. The van der Waals surface area contributed by atoms with E-state index in [1.54, 1.807) is 12.1 Å². The normalized spacial score (nSPS) is 15.5. The first kappa shape index (κ1) is 16.6. The van der Waals surface area contributed by atoms with E-state index >= 15 is 0 Å². The van der Waals surface area contributed by atoms with E-state index < -0.39 is 0 Å². The molecule has 3 rings (SSSR count). The van der Waals surface area contributed by atoms with E-state index in [0.717, 1.165) is 55.7 Å². The number of aryl methyl sites for hydroxylation is 1. The van der Waals surface area contributed by atoms with Gasteiger partial charge >= 0.3 is 0 Å².